The number of nitrogens with zero attached hydrogens (tertiary/aromatic N) is 1. The molecule has 0 spiro atoms. The molecule has 3 atom stereocenters. The number of carbonyl (C=O) groups is 1. The highest BCUT2D eigenvalue weighted by atomic mass is 19.3. The van der Waals surface area contributed by atoms with E-state index in [9.17, 15) is 23.1 Å². The van der Waals surface area contributed by atoms with Gasteiger partial charge in [0.05, 0.1) is 5.60 Å². The van der Waals surface area contributed by atoms with Gasteiger partial charge in [-0.1, -0.05) is 12.1 Å². The number of alkyl halides is 2. The van der Waals surface area contributed by atoms with Crippen molar-refractivity contribution in [1.29, 1.82) is 0 Å². The normalized spacial score (nSPS) is 22.8. The molecule has 1 saturated heterocycles. The van der Waals surface area contributed by atoms with Crippen molar-refractivity contribution in [1.82, 2.24) is 15.5 Å². The van der Waals surface area contributed by atoms with Crippen molar-refractivity contribution in [3.8, 4) is 0 Å². The number of likely N-dealkylation sites (tertiary alicyclic amines) is 1. The number of hydrogen-bond donors (Lipinski definition) is 3. The summed E-state index contributed by atoms with van der Waals surface area (Å²) in [5.41, 5.74) is -0.738. The summed E-state index contributed by atoms with van der Waals surface area (Å²) in [4.78, 5) is 14.8. The molecule has 0 radical (unpaired) electrons. The highest BCUT2D eigenvalue weighted by Gasteiger charge is 2.46. The Bertz CT molecular complexity index is 820. The lowest BCUT2D eigenvalue weighted by Crippen LogP contribution is -2.54. The zero-order chi connectivity index (χ0) is 25.5. The second-order valence-electron chi connectivity index (χ2n) is 10.2. The Kier molecular flexibility index (Phi) is 9.84. The summed E-state index contributed by atoms with van der Waals surface area (Å²) < 4.78 is 45.7. The molecule has 35 heavy (non-hydrogen) atoms. The topological polar surface area (TPSA) is 73.8 Å². The fourth-order valence-electron chi connectivity index (χ4n) is 5.59. The van der Waals surface area contributed by atoms with E-state index in [1.54, 1.807) is 31.2 Å². The molecule has 1 aliphatic heterocycles. The summed E-state index contributed by atoms with van der Waals surface area (Å²) in [5.74, 6) is -3.33. The van der Waals surface area contributed by atoms with E-state index in [1.165, 1.54) is 12.1 Å². The van der Waals surface area contributed by atoms with E-state index in [2.05, 4.69) is 10.6 Å². The molecular weight excluding hydrogens is 459 g/mol. The third-order valence-electron chi connectivity index (χ3n) is 7.44. The number of likely N-dealkylation sites (N-methyl/N-ethyl adjacent to an activating group) is 1. The van der Waals surface area contributed by atoms with Crippen LogP contribution >= 0.6 is 0 Å². The van der Waals surface area contributed by atoms with Crippen LogP contribution in [0, 0.1) is 17.7 Å². The van der Waals surface area contributed by atoms with E-state index < -0.39 is 17.3 Å². The van der Waals surface area contributed by atoms with Crippen LogP contribution in [0.4, 0.5) is 18.0 Å². The summed E-state index contributed by atoms with van der Waals surface area (Å²) in [6.07, 6.45) is 3.62. The van der Waals surface area contributed by atoms with Gasteiger partial charge in [0.2, 0.25) is 5.92 Å². The first-order chi connectivity index (χ1) is 16.7. The van der Waals surface area contributed by atoms with Gasteiger partial charge in [0.1, 0.15) is 5.82 Å². The molecule has 2 aliphatic rings. The van der Waals surface area contributed by atoms with Gasteiger partial charge in [-0.3, -0.25) is 0 Å². The van der Waals surface area contributed by atoms with Gasteiger partial charge in [-0.2, -0.15) is 0 Å². The zero-order valence-corrected chi connectivity index (χ0v) is 20.9. The number of ether oxygens (including phenoxy) is 1. The van der Waals surface area contributed by atoms with Crippen molar-refractivity contribution in [2.75, 3.05) is 40.4 Å². The third-order valence-corrected chi connectivity index (χ3v) is 7.44. The molecule has 9 heteroatoms. The van der Waals surface area contributed by atoms with Gasteiger partial charge in [-0.15, -0.1) is 0 Å². The minimum absolute atomic E-state index is 0.0945. The number of methoxy groups -OCH3 is 1. The Balaban J connectivity index is 1.67. The van der Waals surface area contributed by atoms with E-state index in [4.69, 9.17) is 4.74 Å². The predicted molar refractivity (Wildman–Crippen MR) is 129 cm³/mol. The number of aliphatic hydroxyl groups is 1. The first-order valence-electron chi connectivity index (χ1n) is 12.7. The number of carbonyl (C=O) groups excluding carboxylic acids is 1. The van der Waals surface area contributed by atoms with Crippen molar-refractivity contribution in [2.45, 2.75) is 68.9 Å². The maximum atomic E-state index is 14.1. The lowest BCUT2D eigenvalue weighted by atomic mass is 9.74. The second-order valence-corrected chi connectivity index (χ2v) is 10.2. The van der Waals surface area contributed by atoms with Crippen LogP contribution in [-0.2, 0) is 10.3 Å². The van der Waals surface area contributed by atoms with Crippen LogP contribution in [0.15, 0.2) is 24.3 Å². The van der Waals surface area contributed by atoms with Crippen LogP contribution < -0.4 is 10.6 Å². The van der Waals surface area contributed by atoms with Crippen molar-refractivity contribution in [3.63, 3.8) is 0 Å². The number of unbranched alkanes of at least 4 members (excludes halogenated alkanes) is 1. The molecule has 3 N–H and O–H groups in total. The van der Waals surface area contributed by atoms with Crippen molar-refractivity contribution >= 4 is 6.03 Å². The van der Waals surface area contributed by atoms with Crippen LogP contribution in [0.1, 0.15) is 56.9 Å². The number of amides is 2. The summed E-state index contributed by atoms with van der Waals surface area (Å²) in [6.45, 7) is 1.98. The number of halogens is 3. The molecule has 1 unspecified atom stereocenters. The average molecular weight is 500 g/mol. The SMILES string of the molecule is CNCC(CC1CC(F)(F)C1)NC(=O)N1CCC[C@@H]([C@@](O)(CCCCOC)c2cccc(F)c2)C1. The summed E-state index contributed by atoms with van der Waals surface area (Å²) >= 11 is 0. The quantitative estimate of drug-likeness (QED) is 0.376. The molecule has 1 aromatic rings. The fraction of sp³-hybridized carbons (Fsp3) is 0.731. The van der Waals surface area contributed by atoms with Gasteiger partial charge in [-0.25, -0.2) is 18.0 Å². The Morgan fingerprint density at radius 3 is 2.77 bits per heavy atom. The van der Waals surface area contributed by atoms with Gasteiger partial charge in [0, 0.05) is 58.2 Å². The van der Waals surface area contributed by atoms with Crippen LogP contribution in [0.5, 0.6) is 0 Å². The van der Waals surface area contributed by atoms with Gasteiger partial charge in [0.25, 0.3) is 0 Å². The molecule has 1 saturated carbocycles. The van der Waals surface area contributed by atoms with E-state index in [1.807, 2.05) is 0 Å². The molecule has 1 aromatic carbocycles. The Hall–Kier alpha value is -1.84. The lowest BCUT2D eigenvalue weighted by molar-refractivity contribution is -0.113. The molecule has 0 aromatic heterocycles. The number of rotatable bonds is 12. The molecular formula is C26H40F3N3O3. The van der Waals surface area contributed by atoms with E-state index in [0.29, 0.717) is 51.1 Å². The number of hydrogen-bond acceptors (Lipinski definition) is 4. The summed E-state index contributed by atoms with van der Waals surface area (Å²) in [7, 11) is 3.41. The number of benzene rings is 1. The fourth-order valence-corrected chi connectivity index (χ4v) is 5.59. The average Bonchev–Trinajstić information content (AvgIpc) is 2.80. The van der Waals surface area contributed by atoms with Gasteiger partial charge >= 0.3 is 6.03 Å². The van der Waals surface area contributed by atoms with E-state index in [0.717, 1.165) is 19.3 Å². The highest BCUT2D eigenvalue weighted by molar-refractivity contribution is 5.74. The number of piperidine rings is 1. The third kappa shape index (κ3) is 7.57. The zero-order valence-electron chi connectivity index (χ0n) is 20.9. The molecule has 198 valence electrons. The van der Waals surface area contributed by atoms with Crippen molar-refractivity contribution in [3.05, 3.63) is 35.6 Å². The Labute approximate surface area is 206 Å². The minimum Gasteiger partial charge on any atom is -0.385 e. The first-order valence-corrected chi connectivity index (χ1v) is 12.7. The molecule has 1 aliphatic carbocycles. The summed E-state index contributed by atoms with van der Waals surface area (Å²) in [6, 6.07) is 5.59. The largest absolute Gasteiger partial charge is 0.385 e. The molecule has 2 amide bonds. The van der Waals surface area contributed by atoms with E-state index in [-0.39, 0.29) is 36.8 Å². The monoisotopic (exact) mass is 499 g/mol. The van der Waals surface area contributed by atoms with Crippen molar-refractivity contribution in [2.24, 2.45) is 11.8 Å². The maximum absolute atomic E-state index is 14.1. The Morgan fingerprint density at radius 2 is 2.11 bits per heavy atom. The second kappa shape index (κ2) is 12.4. The smallest absolute Gasteiger partial charge is 0.317 e. The van der Waals surface area contributed by atoms with Gasteiger partial charge in [-0.05, 0) is 69.2 Å². The molecule has 6 nitrogen and oxygen atoms in total. The number of urea groups is 1. The van der Waals surface area contributed by atoms with Crippen LogP contribution in [-0.4, -0.2) is 68.4 Å². The lowest BCUT2D eigenvalue weighted by Gasteiger charge is -2.43. The maximum Gasteiger partial charge on any atom is 0.317 e. The van der Waals surface area contributed by atoms with Crippen molar-refractivity contribution < 1.29 is 27.8 Å². The van der Waals surface area contributed by atoms with Crippen LogP contribution in [0.25, 0.3) is 0 Å². The molecule has 2 fully saturated rings. The standard InChI is InChI=1S/C26H40F3N3O3/c1-30-17-23(13-19-15-25(28,29)16-19)31-24(33)32-11-6-8-21(18-32)26(34,10-3-4-12-35-2)20-7-5-9-22(27)14-20/h5,7,9,14,19,21,23,30,34H,3-4,6,8,10-13,15-18H2,1-2H3,(H,31,33)/t21-,23?,26-/m1/s1. The Morgan fingerprint density at radius 1 is 1.34 bits per heavy atom. The minimum atomic E-state index is -2.58. The predicted octanol–water partition coefficient (Wildman–Crippen LogP) is 4.28. The number of nitrogens with one attached hydrogen (secondary N) is 2. The van der Waals surface area contributed by atoms with Crippen LogP contribution in [0.3, 0.4) is 0 Å². The van der Waals surface area contributed by atoms with E-state index >= 15 is 0 Å². The highest BCUT2D eigenvalue weighted by Crippen LogP contribution is 2.44. The molecule has 0 bridgehead atoms. The van der Waals surface area contributed by atoms with Gasteiger partial charge < -0.3 is 25.4 Å². The first kappa shape index (κ1) is 27.7. The molecule has 3 rings (SSSR count). The van der Waals surface area contributed by atoms with Gasteiger partial charge in [0.15, 0.2) is 0 Å². The molecule has 1 heterocycles. The van der Waals surface area contributed by atoms with Crippen LogP contribution in [0.2, 0.25) is 0 Å². The summed E-state index contributed by atoms with van der Waals surface area (Å²) in [5, 5.41) is 17.9.